The Hall–Kier alpha value is -0.540. The summed E-state index contributed by atoms with van der Waals surface area (Å²) in [6.07, 6.45) is 6.05. The number of aromatic nitrogens is 1. The third kappa shape index (κ3) is 2.28. The van der Waals surface area contributed by atoms with Crippen molar-refractivity contribution in [2.45, 2.75) is 30.7 Å². The molecule has 0 aromatic carbocycles. The van der Waals surface area contributed by atoms with Crippen LogP contribution in [0.1, 0.15) is 25.0 Å². The van der Waals surface area contributed by atoms with Crippen molar-refractivity contribution in [2.75, 3.05) is 5.75 Å². The van der Waals surface area contributed by atoms with Gasteiger partial charge in [0, 0.05) is 23.4 Å². The first kappa shape index (κ1) is 9.99. The highest BCUT2D eigenvalue weighted by atomic mass is 32.2. The molecule has 2 rings (SSSR count). The van der Waals surface area contributed by atoms with Crippen molar-refractivity contribution in [3.05, 3.63) is 24.0 Å². The average Bonchev–Trinajstić information content (AvgIpc) is 2.16. The molecule has 1 heterocycles. The van der Waals surface area contributed by atoms with Gasteiger partial charge >= 0.3 is 0 Å². The maximum Gasteiger partial charge on any atom is 0.0674 e. The molecule has 3 heteroatoms. The van der Waals surface area contributed by atoms with Crippen molar-refractivity contribution in [3.8, 4) is 0 Å². The zero-order valence-electron chi connectivity index (χ0n) is 8.28. The van der Waals surface area contributed by atoms with Crippen LogP contribution >= 0.6 is 11.8 Å². The monoisotopic (exact) mass is 208 g/mol. The Morgan fingerprint density at radius 2 is 2.36 bits per heavy atom. The number of nitrogens with zero attached hydrogens (tertiary/aromatic N) is 1. The molecule has 0 bridgehead atoms. The molecule has 76 valence electrons. The normalized spacial score (nSPS) is 16.6. The predicted molar refractivity (Wildman–Crippen MR) is 60.2 cm³/mol. The number of hydrogen-bond acceptors (Lipinski definition) is 3. The fourth-order valence-electron chi connectivity index (χ4n) is 1.58. The lowest BCUT2D eigenvalue weighted by molar-refractivity contribution is 0.353. The van der Waals surface area contributed by atoms with E-state index in [-0.39, 0.29) is 0 Å². The van der Waals surface area contributed by atoms with E-state index >= 15 is 0 Å². The molecule has 0 aliphatic heterocycles. The van der Waals surface area contributed by atoms with Crippen molar-refractivity contribution < 1.29 is 0 Å². The topological polar surface area (TPSA) is 38.9 Å². The fourth-order valence-corrected chi connectivity index (χ4v) is 2.80. The number of hydrogen-bond donors (Lipinski definition) is 1. The van der Waals surface area contributed by atoms with Gasteiger partial charge in [0.2, 0.25) is 0 Å². The van der Waals surface area contributed by atoms with Crippen molar-refractivity contribution >= 4 is 11.8 Å². The molecule has 1 aromatic heterocycles. The number of nitrogens with two attached hydrogens (primary N) is 1. The largest absolute Gasteiger partial charge is 0.325 e. The second kappa shape index (κ2) is 4.80. The van der Waals surface area contributed by atoms with Crippen LogP contribution < -0.4 is 5.73 Å². The number of thioether (sulfide) groups is 1. The minimum atomic E-state index is 0.549. The third-order valence-corrected chi connectivity index (χ3v) is 4.06. The number of rotatable bonds is 4. The molecule has 1 aliphatic rings. The summed E-state index contributed by atoms with van der Waals surface area (Å²) in [5.74, 6) is 2.17. The molecular weight excluding hydrogens is 192 g/mol. The molecule has 0 amide bonds. The molecule has 0 unspecified atom stereocenters. The first-order valence-corrected chi connectivity index (χ1v) is 6.15. The van der Waals surface area contributed by atoms with Crippen molar-refractivity contribution in [3.63, 3.8) is 0 Å². The maximum atomic E-state index is 5.63. The van der Waals surface area contributed by atoms with Gasteiger partial charge in [-0.25, -0.2) is 0 Å². The maximum absolute atomic E-state index is 5.63. The van der Waals surface area contributed by atoms with Crippen LogP contribution in [0.25, 0.3) is 0 Å². The lowest BCUT2D eigenvalue weighted by Crippen LogP contribution is -2.13. The summed E-state index contributed by atoms with van der Waals surface area (Å²) in [7, 11) is 0. The molecule has 1 aromatic rings. The van der Waals surface area contributed by atoms with E-state index in [0.29, 0.717) is 6.54 Å². The second-order valence-electron chi connectivity index (χ2n) is 3.76. The smallest absolute Gasteiger partial charge is 0.0674 e. The minimum Gasteiger partial charge on any atom is -0.325 e. The van der Waals surface area contributed by atoms with Gasteiger partial charge in [0.05, 0.1) is 5.69 Å². The quantitative estimate of drug-likeness (QED) is 0.772. The lowest BCUT2D eigenvalue weighted by atomic mass is 9.87. The van der Waals surface area contributed by atoms with Crippen LogP contribution in [-0.4, -0.2) is 10.7 Å². The zero-order valence-corrected chi connectivity index (χ0v) is 9.09. The second-order valence-corrected chi connectivity index (χ2v) is 4.82. The number of pyridine rings is 1. The van der Waals surface area contributed by atoms with Gasteiger partial charge < -0.3 is 5.73 Å². The van der Waals surface area contributed by atoms with E-state index < -0.39 is 0 Å². The van der Waals surface area contributed by atoms with E-state index in [1.165, 1.54) is 29.9 Å². The van der Waals surface area contributed by atoms with Gasteiger partial charge in [0.25, 0.3) is 0 Å². The van der Waals surface area contributed by atoms with Crippen LogP contribution in [0, 0.1) is 5.92 Å². The first-order valence-electron chi connectivity index (χ1n) is 5.17. The van der Waals surface area contributed by atoms with E-state index in [1.807, 2.05) is 24.0 Å². The van der Waals surface area contributed by atoms with Crippen LogP contribution in [0.15, 0.2) is 23.2 Å². The Balaban J connectivity index is 1.93. The van der Waals surface area contributed by atoms with E-state index in [2.05, 4.69) is 11.1 Å². The summed E-state index contributed by atoms with van der Waals surface area (Å²) in [6.45, 7) is 0.549. The van der Waals surface area contributed by atoms with Crippen LogP contribution in [0.4, 0.5) is 0 Å². The zero-order chi connectivity index (χ0) is 9.80. The Morgan fingerprint density at radius 3 is 3.00 bits per heavy atom. The van der Waals surface area contributed by atoms with Crippen LogP contribution in [-0.2, 0) is 6.54 Å². The van der Waals surface area contributed by atoms with E-state index in [0.717, 1.165) is 11.6 Å². The molecule has 1 fully saturated rings. The summed E-state index contributed by atoms with van der Waals surface area (Å²) in [5, 5.41) is 0. The standard InChI is InChI=1S/C11H16N2S/c12-7-10-11(5-2-6-13-10)14-8-9-3-1-4-9/h2,5-6,9H,1,3-4,7-8,12H2. The Kier molecular flexibility index (Phi) is 3.43. The Bertz CT molecular complexity index is 297. The molecule has 0 spiro atoms. The SMILES string of the molecule is NCc1ncccc1SCC1CCC1. The van der Waals surface area contributed by atoms with Crippen molar-refractivity contribution in [2.24, 2.45) is 11.7 Å². The van der Waals surface area contributed by atoms with E-state index in [4.69, 9.17) is 5.73 Å². The molecule has 0 atom stereocenters. The predicted octanol–water partition coefficient (Wildman–Crippen LogP) is 2.43. The van der Waals surface area contributed by atoms with Crippen LogP contribution in [0.3, 0.4) is 0 Å². The summed E-state index contributed by atoms with van der Waals surface area (Å²) in [4.78, 5) is 5.54. The third-order valence-electron chi connectivity index (χ3n) is 2.74. The van der Waals surface area contributed by atoms with Gasteiger partial charge in [-0.3, -0.25) is 4.98 Å². The highest BCUT2D eigenvalue weighted by Crippen LogP contribution is 2.33. The highest BCUT2D eigenvalue weighted by molar-refractivity contribution is 7.99. The molecule has 1 saturated carbocycles. The average molecular weight is 208 g/mol. The Morgan fingerprint density at radius 1 is 1.50 bits per heavy atom. The highest BCUT2D eigenvalue weighted by Gasteiger charge is 2.17. The molecule has 1 aliphatic carbocycles. The molecule has 14 heavy (non-hydrogen) atoms. The molecular formula is C11H16N2S. The van der Waals surface area contributed by atoms with Gasteiger partial charge in [0.15, 0.2) is 0 Å². The molecule has 2 N–H and O–H groups in total. The summed E-state index contributed by atoms with van der Waals surface area (Å²) >= 11 is 1.91. The van der Waals surface area contributed by atoms with Gasteiger partial charge in [-0.05, 0) is 30.9 Å². The summed E-state index contributed by atoms with van der Waals surface area (Å²) < 4.78 is 0. The van der Waals surface area contributed by atoms with Gasteiger partial charge in [-0.1, -0.05) is 6.42 Å². The molecule has 2 nitrogen and oxygen atoms in total. The van der Waals surface area contributed by atoms with Gasteiger partial charge in [-0.15, -0.1) is 11.8 Å². The van der Waals surface area contributed by atoms with E-state index in [9.17, 15) is 0 Å². The molecule has 0 radical (unpaired) electrons. The van der Waals surface area contributed by atoms with E-state index in [1.54, 1.807) is 0 Å². The van der Waals surface area contributed by atoms with Crippen molar-refractivity contribution in [1.29, 1.82) is 0 Å². The molecule has 0 saturated heterocycles. The first-order chi connectivity index (χ1) is 6.90. The summed E-state index contributed by atoms with van der Waals surface area (Å²) in [6, 6.07) is 4.11. The van der Waals surface area contributed by atoms with Crippen LogP contribution in [0.5, 0.6) is 0 Å². The Labute approximate surface area is 89.3 Å². The van der Waals surface area contributed by atoms with Crippen LogP contribution in [0.2, 0.25) is 0 Å². The summed E-state index contributed by atoms with van der Waals surface area (Å²) in [5.41, 5.74) is 6.67. The lowest BCUT2D eigenvalue weighted by Gasteiger charge is -2.24. The van der Waals surface area contributed by atoms with Gasteiger partial charge in [0.1, 0.15) is 0 Å². The van der Waals surface area contributed by atoms with Gasteiger partial charge in [-0.2, -0.15) is 0 Å². The van der Waals surface area contributed by atoms with Crippen molar-refractivity contribution in [1.82, 2.24) is 4.98 Å². The fraction of sp³-hybridized carbons (Fsp3) is 0.545. The minimum absolute atomic E-state index is 0.549.